The first-order valence-electron chi connectivity index (χ1n) is 10.8. The van der Waals surface area contributed by atoms with Crippen LogP contribution in [0.1, 0.15) is 38.7 Å². The first-order valence-corrected chi connectivity index (χ1v) is 10.8. The normalized spacial score (nSPS) is 24.3. The van der Waals surface area contributed by atoms with Crippen LogP contribution in [-0.2, 0) is 11.0 Å². The summed E-state index contributed by atoms with van der Waals surface area (Å²) < 4.78 is 2.65. The van der Waals surface area contributed by atoms with Gasteiger partial charge in [-0.05, 0) is 36.1 Å². The molecule has 4 aromatic rings. The van der Waals surface area contributed by atoms with Crippen molar-refractivity contribution in [3.8, 4) is 22.4 Å². The molecule has 1 aliphatic heterocycles. The summed E-state index contributed by atoms with van der Waals surface area (Å²) >= 11 is 0. The summed E-state index contributed by atoms with van der Waals surface area (Å²) in [6.45, 7) is 4.86. The van der Waals surface area contributed by atoms with Crippen LogP contribution in [0.3, 0.4) is 0 Å². The second-order valence-electron chi connectivity index (χ2n) is 8.93. The summed E-state index contributed by atoms with van der Waals surface area (Å²) in [6.07, 6.45) is 6.14. The van der Waals surface area contributed by atoms with Gasteiger partial charge in [-0.3, -0.25) is 0 Å². The summed E-state index contributed by atoms with van der Waals surface area (Å²) in [5, 5.41) is 2.70. The van der Waals surface area contributed by atoms with Crippen molar-refractivity contribution in [2.45, 2.75) is 44.1 Å². The van der Waals surface area contributed by atoms with Gasteiger partial charge in [-0.2, -0.15) is 4.57 Å². The second kappa shape index (κ2) is 5.79. The Labute approximate surface area is 172 Å². The Bertz CT molecular complexity index is 1250. The number of nitrogens with zero attached hydrogens (tertiary/aromatic N) is 1. The third kappa shape index (κ3) is 1.98. The lowest BCUT2D eigenvalue weighted by atomic mass is 9.48. The molecule has 1 heteroatoms. The number of hydrogen-bond donors (Lipinski definition) is 0. The predicted molar refractivity (Wildman–Crippen MR) is 120 cm³/mol. The molecule has 1 aliphatic carbocycles. The minimum absolute atomic E-state index is 0.124. The second-order valence-corrected chi connectivity index (χ2v) is 8.93. The van der Waals surface area contributed by atoms with Crippen molar-refractivity contribution in [1.82, 2.24) is 0 Å². The first kappa shape index (κ1) is 17.0. The molecule has 1 aromatic heterocycles. The summed E-state index contributed by atoms with van der Waals surface area (Å²) in [5.74, 6) is 0. The maximum Gasteiger partial charge on any atom is 0.221 e. The molecule has 1 nitrogen and oxygen atoms in total. The molecule has 6 rings (SSSR count). The number of fused-ring (bicyclic) bond motifs is 8. The fourth-order valence-electron chi connectivity index (χ4n) is 6.25. The Balaban J connectivity index is 1.79. The maximum absolute atomic E-state index is 2.65. The van der Waals surface area contributed by atoms with Gasteiger partial charge in [0.2, 0.25) is 5.69 Å². The van der Waals surface area contributed by atoms with Crippen LogP contribution < -0.4 is 4.57 Å². The van der Waals surface area contributed by atoms with E-state index >= 15 is 0 Å². The van der Waals surface area contributed by atoms with Crippen LogP contribution in [-0.4, -0.2) is 0 Å². The van der Waals surface area contributed by atoms with Gasteiger partial charge in [-0.15, -0.1) is 0 Å². The lowest BCUT2D eigenvalue weighted by Crippen LogP contribution is -2.74. The maximum atomic E-state index is 2.65. The molecular weight excluding hydrogens is 350 g/mol. The fraction of sp³-hybridized carbons (Fsp3) is 0.250. The Kier molecular flexibility index (Phi) is 3.39. The standard InChI is InChI=1S/C28H26N/c1-3-28-18-17-27(28,2)29-19-24(20-11-5-4-6-12-20)21-13-7-8-14-22(21)26(29)23-15-9-10-16-25(23)28/h4-16,19H,3,17-18H2,1-2H3/q+1. The average molecular weight is 377 g/mol. The van der Waals surface area contributed by atoms with Gasteiger partial charge in [0, 0.05) is 18.7 Å². The van der Waals surface area contributed by atoms with Crippen LogP contribution in [0, 0.1) is 0 Å². The highest BCUT2D eigenvalue weighted by atomic mass is 15.1. The minimum Gasteiger partial charge on any atom is -0.191 e. The quantitative estimate of drug-likeness (QED) is 0.346. The fourth-order valence-corrected chi connectivity index (χ4v) is 6.25. The van der Waals surface area contributed by atoms with Crippen molar-refractivity contribution in [3.63, 3.8) is 0 Å². The smallest absolute Gasteiger partial charge is 0.191 e. The molecule has 0 N–H and O–H groups in total. The molecule has 0 bridgehead atoms. The molecular formula is C28H26N+. The van der Waals surface area contributed by atoms with Crippen LogP contribution in [0.15, 0.2) is 85.1 Å². The molecule has 0 radical (unpaired) electrons. The van der Waals surface area contributed by atoms with E-state index in [2.05, 4.69) is 103 Å². The summed E-state index contributed by atoms with van der Waals surface area (Å²) in [4.78, 5) is 0. The molecule has 2 heterocycles. The Hall–Kier alpha value is -2.93. The summed E-state index contributed by atoms with van der Waals surface area (Å²) in [7, 11) is 0. The molecule has 3 aromatic carbocycles. The van der Waals surface area contributed by atoms with E-state index in [4.69, 9.17) is 0 Å². The Morgan fingerprint density at radius 3 is 2.17 bits per heavy atom. The van der Waals surface area contributed by atoms with E-state index in [1.807, 2.05) is 0 Å². The lowest BCUT2D eigenvalue weighted by Gasteiger charge is -2.56. The third-order valence-corrected chi connectivity index (χ3v) is 7.96. The van der Waals surface area contributed by atoms with Gasteiger partial charge in [0.25, 0.3) is 0 Å². The first-order chi connectivity index (χ1) is 14.2. The zero-order chi connectivity index (χ0) is 19.6. The van der Waals surface area contributed by atoms with Gasteiger partial charge in [0.1, 0.15) is 0 Å². The SMILES string of the molecule is CCC12CCC1(C)[n+]1cc(-c3ccccc3)c3ccccc3c1-c1ccccc12. The molecule has 1 fully saturated rings. The summed E-state index contributed by atoms with van der Waals surface area (Å²) in [5.41, 5.74) is 7.35. The van der Waals surface area contributed by atoms with Gasteiger partial charge in [-0.25, -0.2) is 0 Å². The van der Waals surface area contributed by atoms with E-state index < -0.39 is 0 Å². The summed E-state index contributed by atoms with van der Waals surface area (Å²) in [6, 6.07) is 29.0. The number of benzene rings is 3. The van der Waals surface area contributed by atoms with Crippen molar-refractivity contribution in [2.24, 2.45) is 0 Å². The molecule has 29 heavy (non-hydrogen) atoms. The van der Waals surface area contributed by atoms with E-state index in [1.165, 1.54) is 52.4 Å². The van der Waals surface area contributed by atoms with Crippen LogP contribution in [0.5, 0.6) is 0 Å². The molecule has 0 amide bonds. The highest BCUT2D eigenvalue weighted by molar-refractivity contribution is 6.02. The predicted octanol–water partition coefficient (Wildman–Crippen LogP) is 6.63. The van der Waals surface area contributed by atoms with E-state index in [9.17, 15) is 0 Å². The zero-order valence-corrected chi connectivity index (χ0v) is 17.2. The van der Waals surface area contributed by atoms with Crippen LogP contribution >= 0.6 is 0 Å². The molecule has 0 saturated heterocycles. The van der Waals surface area contributed by atoms with Crippen molar-refractivity contribution in [1.29, 1.82) is 0 Å². The molecule has 142 valence electrons. The van der Waals surface area contributed by atoms with Gasteiger partial charge in [-0.1, -0.05) is 73.7 Å². The molecule has 2 atom stereocenters. The molecule has 0 spiro atoms. The van der Waals surface area contributed by atoms with E-state index in [0.29, 0.717) is 0 Å². The van der Waals surface area contributed by atoms with Crippen molar-refractivity contribution < 1.29 is 4.57 Å². The molecule has 2 unspecified atom stereocenters. The van der Waals surface area contributed by atoms with E-state index in [-0.39, 0.29) is 11.0 Å². The highest BCUT2D eigenvalue weighted by Crippen LogP contribution is 2.60. The van der Waals surface area contributed by atoms with E-state index in [1.54, 1.807) is 5.56 Å². The van der Waals surface area contributed by atoms with E-state index in [0.717, 1.165) is 0 Å². The number of aromatic nitrogens is 1. The highest BCUT2D eigenvalue weighted by Gasteiger charge is 2.66. The average Bonchev–Trinajstić information content (AvgIpc) is 2.78. The third-order valence-electron chi connectivity index (χ3n) is 7.96. The van der Waals surface area contributed by atoms with Crippen molar-refractivity contribution in [3.05, 3.63) is 90.6 Å². The van der Waals surface area contributed by atoms with Crippen molar-refractivity contribution in [2.75, 3.05) is 0 Å². The van der Waals surface area contributed by atoms with Crippen LogP contribution in [0.25, 0.3) is 33.2 Å². The monoisotopic (exact) mass is 376 g/mol. The Morgan fingerprint density at radius 1 is 0.759 bits per heavy atom. The number of pyridine rings is 1. The van der Waals surface area contributed by atoms with Gasteiger partial charge in [0.15, 0.2) is 11.7 Å². The minimum atomic E-state index is 0.124. The van der Waals surface area contributed by atoms with Crippen LogP contribution in [0.4, 0.5) is 0 Å². The zero-order valence-electron chi connectivity index (χ0n) is 17.2. The van der Waals surface area contributed by atoms with Gasteiger partial charge in [0.05, 0.1) is 21.9 Å². The van der Waals surface area contributed by atoms with Crippen LogP contribution in [0.2, 0.25) is 0 Å². The van der Waals surface area contributed by atoms with Crippen molar-refractivity contribution >= 4 is 10.8 Å². The number of hydrogen-bond acceptors (Lipinski definition) is 0. The molecule has 2 aliphatic rings. The molecule has 1 saturated carbocycles. The number of rotatable bonds is 2. The van der Waals surface area contributed by atoms with Gasteiger partial charge < -0.3 is 0 Å². The lowest BCUT2D eigenvalue weighted by molar-refractivity contribution is -0.777. The topological polar surface area (TPSA) is 3.88 Å². The van der Waals surface area contributed by atoms with Gasteiger partial charge >= 0.3 is 0 Å². The largest absolute Gasteiger partial charge is 0.221 e. The Morgan fingerprint density at radius 2 is 1.45 bits per heavy atom.